The predicted molar refractivity (Wildman–Crippen MR) is 87.2 cm³/mol. The molecule has 8 nitrogen and oxygen atoms in total. The molecule has 0 radical (unpaired) electrons. The van der Waals surface area contributed by atoms with Crippen molar-refractivity contribution >= 4 is 17.3 Å². The van der Waals surface area contributed by atoms with Gasteiger partial charge in [-0.25, -0.2) is 0 Å². The van der Waals surface area contributed by atoms with Crippen molar-refractivity contribution in [2.75, 3.05) is 0 Å². The number of alkyl halides is 3. The maximum absolute atomic E-state index is 13.3. The third-order valence-corrected chi connectivity index (χ3v) is 3.57. The topological polar surface area (TPSA) is 115 Å². The molecule has 0 spiro atoms. The number of nitrogens with zero attached hydrogens (tertiary/aromatic N) is 2. The summed E-state index contributed by atoms with van der Waals surface area (Å²) in [5.41, 5.74) is -1.86. The van der Waals surface area contributed by atoms with Crippen molar-refractivity contribution in [3.8, 4) is 0 Å². The van der Waals surface area contributed by atoms with E-state index < -0.39 is 51.3 Å². The summed E-state index contributed by atoms with van der Waals surface area (Å²) < 4.78 is 39.8. The van der Waals surface area contributed by atoms with Gasteiger partial charge >= 0.3 is 6.18 Å². The molecule has 0 saturated carbocycles. The minimum absolute atomic E-state index is 0.310. The quantitative estimate of drug-likeness (QED) is 0.606. The van der Waals surface area contributed by atoms with Crippen LogP contribution in [0.2, 0.25) is 0 Å². The molecule has 27 heavy (non-hydrogen) atoms. The van der Waals surface area contributed by atoms with Crippen LogP contribution in [0.1, 0.15) is 15.9 Å². The summed E-state index contributed by atoms with van der Waals surface area (Å²) in [6, 6.07) is 7.28. The second-order valence-electron chi connectivity index (χ2n) is 5.51. The van der Waals surface area contributed by atoms with E-state index in [4.69, 9.17) is 0 Å². The van der Waals surface area contributed by atoms with Crippen molar-refractivity contribution in [3.05, 3.63) is 79.9 Å². The van der Waals surface area contributed by atoms with Crippen LogP contribution in [-0.2, 0) is 6.42 Å². The van der Waals surface area contributed by atoms with Crippen LogP contribution in [0.5, 0.6) is 0 Å². The normalized spacial score (nSPS) is 12.3. The molecule has 0 aromatic heterocycles. The highest BCUT2D eigenvalue weighted by Gasteiger charge is 2.41. The summed E-state index contributed by atoms with van der Waals surface area (Å²) >= 11 is 0. The lowest BCUT2D eigenvalue weighted by molar-refractivity contribution is -0.394. The SMILES string of the molecule is O=C(NC(Cc1ccccc1)C(F)(F)F)c1cc([N+](=O)[O-])cc([N+](=O)[O-])c1. The molecule has 142 valence electrons. The van der Waals surface area contributed by atoms with E-state index >= 15 is 0 Å². The van der Waals surface area contributed by atoms with Gasteiger partial charge in [0.2, 0.25) is 0 Å². The van der Waals surface area contributed by atoms with Gasteiger partial charge in [0, 0.05) is 18.6 Å². The van der Waals surface area contributed by atoms with E-state index in [0.717, 1.165) is 0 Å². The highest BCUT2D eigenvalue weighted by molar-refractivity contribution is 5.95. The molecule has 1 atom stereocenters. The monoisotopic (exact) mass is 383 g/mol. The lowest BCUT2D eigenvalue weighted by Gasteiger charge is -2.21. The molecule has 0 bridgehead atoms. The first kappa shape index (κ1) is 19.8. The minimum Gasteiger partial charge on any atom is -0.340 e. The average Bonchev–Trinajstić information content (AvgIpc) is 2.60. The van der Waals surface area contributed by atoms with Gasteiger partial charge in [-0.3, -0.25) is 25.0 Å². The maximum Gasteiger partial charge on any atom is 0.408 e. The molecule has 1 amide bonds. The Morgan fingerprint density at radius 3 is 1.96 bits per heavy atom. The number of nitro benzene ring substituents is 2. The molecule has 0 aliphatic carbocycles. The van der Waals surface area contributed by atoms with E-state index in [1.807, 2.05) is 0 Å². The van der Waals surface area contributed by atoms with Gasteiger partial charge in [0.05, 0.1) is 21.5 Å². The van der Waals surface area contributed by atoms with Crippen molar-refractivity contribution in [1.29, 1.82) is 0 Å². The first-order chi connectivity index (χ1) is 12.6. The van der Waals surface area contributed by atoms with E-state index in [9.17, 15) is 38.2 Å². The Morgan fingerprint density at radius 2 is 1.52 bits per heavy atom. The average molecular weight is 383 g/mol. The van der Waals surface area contributed by atoms with E-state index in [-0.39, 0.29) is 0 Å². The highest BCUT2D eigenvalue weighted by Crippen LogP contribution is 2.26. The van der Waals surface area contributed by atoms with Crippen LogP contribution in [0.4, 0.5) is 24.5 Å². The first-order valence-corrected chi connectivity index (χ1v) is 7.43. The van der Waals surface area contributed by atoms with Gasteiger partial charge in [-0.15, -0.1) is 0 Å². The summed E-state index contributed by atoms with van der Waals surface area (Å²) in [6.45, 7) is 0. The number of non-ortho nitro benzene ring substituents is 2. The third-order valence-electron chi connectivity index (χ3n) is 3.57. The van der Waals surface area contributed by atoms with Gasteiger partial charge in [-0.05, 0) is 5.56 Å². The first-order valence-electron chi connectivity index (χ1n) is 7.43. The number of hydrogen-bond donors (Lipinski definition) is 1. The van der Waals surface area contributed by atoms with Crippen LogP contribution < -0.4 is 5.32 Å². The Hall–Kier alpha value is -3.50. The second kappa shape index (κ2) is 7.81. The Bertz CT molecular complexity index is 839. The molecule has 2 aromatic rings. The number of halogens is 3. The minimum atomic E-state index is -4.79. The number of carbonyl (C=O) groups excluding carboxylic acids is 1. The molecular weight excluding hydrogens is 371 g/mol. The molecule has 0 fully saturated rings. The lowest BCUT2D eigenvalue weighted by Crippen LogP contribution is -2.46. The number of hydrogen-bond acceptors (Lipinski definition) is 5. The number of nitro groups is 2. The third kappa shape index (κ3) is 5.23. The molecule has 0 saturated heterocycles. The van der Waals surface area contributed by atoms with E-state index in [0.29, 0.717) is 23.8 Å². The Kier molecular flexibility index (Phi) is 5.73. The number of nitrogens with one attached hydrogen (secondary N) is 1. The van der Waals surface area contributed by atoms with Crippen molar-refractivity contribution < 1.29 is 27.8 Å². The Morgan fingerprint density at radius 1 is 1.00 bits per heavy atom. The zero-order valence-electron chi connectivity index (χ0n) is 13.5. The van der Waals surface area contributed by atoms with Gasteiger partial charge in [-0.2, -0.15) is 13.2 Å². The van der Waals surface area contributed by atoms with E-state index in [1.165, 1.54) is 24.3 Å². The fraction of sp³-hybridized carbons (Fsp3) is 0.188. The van der Waals surface area contributed by atoms with Crippen LogP contribution in [0.15, 0.2) is 48.5 Å². The zero-order chi connectivity index (χ0) is 20.2. The molecular formula is C16H12F3N3O5. The van der Waals surface area contributed by atoms with Crippen LogP contribution >= 0.6 is 0 Å². The van der Waals surface area contributed by atoms with Gasteiger partial charge in [0.25, 0.3) is 17.3 Å². The fourth-order valence-electron chi connectivity index (χ4n) is 2.28. The van der Waals surface area contributed by atoms with Crippen LogP contribution in [0.25, 0.3) is 0 Å². The predicted octanol–water partition coefficient (Wildman–Crippen LogP) is 3.41. The number of amides is 1. The molecule has 1 N–H and O–H groups in total. The van der Waals surface area contributed by atoms with Crippen molar-refractivity contribution in [2.24, 2.45) is 0 Å². The summed E-state index contributed by atoms with van der Waals surface area (Å²) in [5.74, 6) is -1.31. The summed E-state index contributed by atoms with van der Waals surface area (Å²) in [5, 5.41) is 23.4. The number of carbonyl (C=O) groups is 1. The standard InChI is InChI=1S/C16H12F3N3O5/c17-16(18,19)14(6-10-4-2-1-3-5-10)20-15(23)11-7-12(21(24)25)9-13(8-11)22(26)27/h1-5,7-9,14H,6H2,(H,20,23). The molecule has 2 aromatic carbocycles. The second-order valence-corrected chi connectivity index (χ2v) is 5.51. The van der Waals surface area contributed by atoms with Crippen LogP contribution in [0, 0.1) is 20.2 Å². The molecule has 1 unspecified atom stereocenters. The Balaban J connectivity index is 2.32. The summed E-state index contributed by atoms with van der Waals surface area (Å²) in [7, 11) is 0. The van der Waals surface area contributed by atoms with Crippen molar-refractivity contribution in [1.82, 2.24) is 5.32 Å². The van der Waals surface area contributed by atoms with Crippen molar-refractivity contribution in [2.45, 2.75) is 18.6 Å². The van der Waals surface area contributed by atoms with Crippen LogP contribution in [-0.4, -0.2) is 28.0 Å². The largest absolute Gasteiger partial charge is 0.408 e. The lowest BCUT2D eigenvalue weighted by atomic mass is 10.0. The highest BCUT2D eigenvalue weighted by atomic mass is 19.4. The van der Waals surface area contributed by atoms with E-state index in [2.05, 4.69) is 0 Å². The molecule has 0 aliphatic heterocycles. The maximum atomic E-state index is 13.3. The van der Waals surface area contributed by atoms with Crippen LogP contribution in [0.3, 0.4) is 0 Å². The van der Waals surface area contributed by atoms with E-state index in [1.54, 1.807) is 11.4 Å². The van der Waals surface area contributed by atoms with Gasteiger partial charge in [-0.1, -0.05) is 30.3 Å². The smallest absolute Gasteiger partial charge is 0.340 e. The summed E-state index contributed by atoms with van der Waals surface area (Å²) in [6.07, 6.45) is -5.36. The molecule has 11 heteroatoms. The van der Waals surface area contributed by atoms with Gasteiger partial charge < -0.3 is 5.32 Å². The van der Waals surface area contributed by atoms with Gasteiger partial charge in [0.1, 0.15) is 6.04 Å². The molecule has 2 rings (SSSR count). The zero-order valence-corrected chi connectivity index (χ0v) is 13.5. The summed E-state index contributed by atoms with van der Waals surface area (Å²) in [4.78, 5) is 31.9. The molecule has 0 aliphatic rings. The molecule has 0 heterocycles. The number of benzene rings is 2. The van der Waals surface area contributed by atoms with Gasteiger partial charge in [0.15, 0.2) is 0 Å². The van der Waals surface area contributed by atoms with Crippen molar-refractivity contribution in [3.63, 3.8) is 0 Å². The Labute approximate surface area is 149 Å². The fourth-order valence-corrected chi connectivity index (χ4v) is 2.28. The number of rotatable bonds is 6.